The Bertz CT molecular complexity index is 328. The van der Waals surface area contributed by atoms with Crippen LogP contribution >= 0.6 is 0 Å². The number of piperidine rings is 1. The molecule has 2 rings (SSSR count). The van der Waals surface area contributed by atoms with Crippen LogP contribution in [0.1, 0.15) is 25.7 Å². The van der Waals surface area contributed by atoms with Crippen molar-refractivity contribution in [3.63, 3.8) is 0 Å². The van der Waals surface area contributed by atoms with Crippen LogP contribution in [0.15, 0.2) is 0 Å². The molecule has 2 N–H and O–H groups in total. The van der Waals surface area contributed by atoms with Gasteiger partial charge < -0.3 is 5.11 Å². The first kappa shape index (κ1) is 10.4. The summed E-state index contributed by atoms with van der Waals surface area (Å²) >= 11 is 0. The Hall–Kier alpha value is -0.170. The molecule has 0 bridgehead atoms. The highest BCUT2D eigenvalue weighted by atomic mass is 32.2. The van der Waals surface area contributed by atoms with Crippen LogP contribution in [0.3, 0.4) is 0 Å². The minimum Gasteiger partial charge on any atom is -0.371 e. The first-order chi connectivity index (χ1) is 6.45. The van der Waals surface area contributed by atoms with Crippen molar-refractivity contribution in [2.45, 2.75) is 36.7 Å². The van der Waals surface area contributed by atoms with Crippen LogP contribution < -0.4 is 0 Å². The van der Waals surface area contributed by atoms with E-state index in [0.717, 1.165) is 19.4 Å². The quantitative estimate of drug-likeness (QED) is 0.601. The minimum atomic E-state index is -4.36. The fourth-order valence-electron chi connectivity index (χ4n) is 2.54. The SMILES string of the molecule is O=S(=O)(O)C1(O)CCN2CCCCC21. The molecule has 2 unspecified atom stereocenters. The summed E-state index contributed by atoms with van der Waals surface area (Å²) in [6, 6.07) is -0.411. The Morgan fingerprint density at radius 2 is 2.00 bits per heavy atom. The average molecular weight is 221 g/mol. The van der Waals surface area contributed by atoms with E-state index < -0.39 is 21.1 Å². The topological polar surface area (TPSA) is 77.8 Å². The summed E-state index contributed by atoms with van der Waals surface area (Å²) in [6.07, 6.45) is 2.73. The molecule has 6 heteroatoms. The zero-order chi connectivity index (χ0) is 10.4. The summed E-state index contributed by atoms with van der Waals surface area (Å²) < 4.78 is 31.2. The molecule has 14 heavy (non-hydrogen) atoms. The average Bonchev–Trinajstić information content (AvgIpc) is 2.45. The van der Waals surface area contributed by atoms with Crippen molar-refractivity contribution < 1.29 is 18.1 Å². The van der Waals surface area contributed by atoms with Gasteiger partial charge in [-0.3, -0.25) is 9.45 Å². The molecular formula is C8H15NO4S. The second kappa shape index (κ2) is 3.16. The number of nitrogens with zero attached hydrogens (tertiary/aromatic N) is 1. The summed E-state index contributed by atoms with van der Waals surface area (Å²) in [5, 5.41) is 9.94. The molecule has 0 amide bonds. The number of fused-ring (bicyclic) bond motifs is 1. The Morgan fingerprint density at radius 1 is 1.29 bits per heavy atom. The van der Waals surface area contributed by atoms with Crippen LogP contribution in [0.4, 0.5) is 0 Å². The van der Waals surface area contributed by atoms with Crippen LogP contribution in [-0.2, 0) is 10.1 Å². The van der Waals surface area contributed by atoms with Gasteiger partial charge in [0.2, 0.25) is 4.93 Å². The molecule has 0 aromatic rings. The molecule has 2 heterocycles. The summed E-state index contributed by atoms with van der Waals surface area (Å²) in [6.45, 7) is 1.38. The van der Waals surface area contributed by atoms with Gasteiger partial charge in [0.15, 0.2) is 0 Å². The van der Waals surface area contributed by atoms with Crippen LogP contribution in [-0.4, -0.2) is 47.0 Å². The lowest BCUT2D eigenvalue weighted by Gasteiger charge is -2.35. The lowest BCUT2D eigenvalue weighted by atomic mass is 10.0. The summed E-state index contributed by atoms with van der Waals surface area (Å²) in [5.74, 6) is 0. The number of aliphatic hydroxyl groups is 1. The third-order valence-electron chi connectivity index (χ3n) is 3.34. The van der Waals surface area contributed by atoms with Crippen LogP contribution in [0.25, 0.3) is 0 Å². The van der Waals surface area contributed by atoms with Gasteiger partial charge in [-0.15, -0.1) is 0 Å². The predicted molar refractivity (Wildman–Crippen MR) is 50.3 cm³/mol. The van der Waals surface area contributed by atoms with E-state index >= 15 is 0 Å². The van der Waals surface area contributed by atoms with Gasteiger partial charge in [0.25, 0.3) is 10.1 Å². The summed E-state index contributed by atoms with van der Waals surface area (Å²) in [4.78, 5) is 0.0324. The van der Waals surface area contributed by atoms with E-state index in [1.54, 1.807) is 0 Å². The molecule has 2 saturated heterocycles. The zero-order valence-corrected chi connectivity index (χ0v) is 8.70. The van der Waals surface area contributed by atoms with Gasteiger partial charge in [0, 0.05) is 13.0 Å². The summed E-state index contributed by atoms with van der Waals surface area (Å²) in [5.41, 5.74) is 0. The molecule has 2 fully saturated rings. The Balaban J connectivity index is 2.30. The Morgan fingerprint density at radius 3 is 2.64 bits per heavy atom. The van der Waals surface area contributed by atoms with Gasteiger partial charge in [0.05, 0.1) is 6.04 Å². The molecule has 2 atom stereocenters. The van der Waals surface area contributed by atoms with Crippen molar-refractivity contribution >= 4 is 10.1 Å². The normalized spacial score (nSPS) is 39.7. The molecule has 0 aliphatic carbocycles. The van der Waals surface area contributed by atoms with E-state index in [1.165, 1.54) is 0 Å². The third kappa shape index (κ3) is 1.37. The fourth-order valence-corrected chi connectivity index (χ4v) is 3.50. The molecule has 82 valence electrons. The molecule has 0 aromatic heterocycles. The van der Waals surface area contributed by atoms with Crippen molar-refractivity contribution in [1.82, 2.24) is 4.90 Å². The lowest BCUT2D eigenvalue weighted by molar-refractivity contribution is 0.0498. The number of hydrogen-bond acceptors (Lipinski definition) is 4. The maximum absolute atomic E-state index is 11.1. The van der Waals surface area contributed by atoms with Crippen LogP contribution in [0.2, 0.25) is 0 Å². The number of hydrogen-bond donors (Lipinski definition) is 2. The van der Waals surface area contributed by atoms with Crippen LogP contribution in [0, 0.1) is 0 Å². The fraction of sp³-hybridized carbons (Fsp3) is 1.00. The Kier molecular flexibility index (Phi) is 2.34. The van der Waals surface area contributed by atoms with E-state index in [9.17, 15) is 13.5 Å². The van der Waals surface area contributed by atoms with Gasteiger partial charge in [-0.1, -0.05) is 6.42 Å². The second-order valence-corrected chi connectivity index (χ2v) is 5.77. The van der Waals surface area contributed by atoms with Crippen LogP contribution in [0.5, 0.6) is 0 Å². The van der Waals surface area contributed by atoms with Crippen molar-refractivity contribution in [2.75, 3.05) is 13.1 Å². The predicted octanol–water partition coefficient (Wildman–Crippen LogP) is -0.179. The van der Waals surface area contributed by atoms with Crippen molar-refractivity contribution in [3.05, 3.63) is 0 Å². The van der Waals surface area contributed by atoms with E-state index in [-0.39, 0.29) is 6.42 Å². The van der Waals surface area contributed by atoms with Crippen molar-refractivity contribution in [3.8, 4) is 0 Å². The molecule has 2 aliphatic rings. The molecular weight excluding hydrogens is 206 g/mol. The number of rotatable bonds is 1. The molecule has 0 saturated carbocycles. The van der Waals surface area contributed by atoms with Gasteiger partial charge >= 0.3 is 0 Å². The molecule has 0 spiro atoms. The summed E-state index contributed by atoms with van der Waals surface area (Å²) in [7, 11) is -4.36. The maximum Gasteiger partial charge on any atom is 0.296 e. The lowest BCUT2D eigenvalue weighted by Crippen LogP contribution is -2.51. The van der Waals surface area contributed by atoms with E-state index in [0.29, 0.717) is 13.0 Å². The largest absolute Gasteiger partial charge is 0.371 e. The van der Waals surface area contributed by atoms with E-state index in [2.05, 4.69) is 0 Å². The molecule has 5 nitrogen and oxygen atoms in total. The van der Waals surface area contributed by atoms with Gasteiger partial charge in [-0.25, -0.2) is 0 Å². The highest BCUT2D eigenvalue weighted by Crippen LogP contribution is 2.37. The highest BCUT2D eigenvalue weighted by molar-refractivity contribution is 7.87. The smallest absolute Gasteiger partial charge is 0.296 e. The minimum absolute atomic E-state index is 0.122. The highest BCUT2D eigenvalue weighted by Gasteiger charge is 2.55. The van der Waals surface area contributed by atoms with E-state index in [1.807, 2.05) is 4.90 Å². The first-order valence-electron chi connectivity index (χ1n) is 4.88. The third-order valence-corrected chi connectivity index (χ3v) is 4.71. The zero-order valence-electron chi connectivity index (χ0n) is 7.89. The maximum atomic E-state index is 11.1. The van der Waals surface area contributed by atoms with E-state index in [4.69, 9.17) is 4.55 Å². The molecule has 2 aliphatic heterocycles. The van der Waals surface area contributed by atoms with Gasteiger partial charge in [-0.2, -0.15) is 8.42 Å². The molecule has 0 aromatic carbocycles. The van der Waals surface area contributed by atoms with Crippen molar-refractivity contribution in [2.24, 2.45) is 0 Å². The first-order valence-corrected chi connectivity index (χ1v) is 6.32. The van der Waals surface area contributed by atoms with Gasteiger partial charge in [-0.05, 0) is 19.4 Å². The van der Waals surface area contributed by atoms with Crippen molar-refractivity contribution in [1.29, 1.82) is 0 Å². The molecule has 0 radical (unpaired) electrons. The monoisotopic (exact) mass is 221 g/mol. The van der Waals surface area contributed by atoms with Gasteiger partial charge in [0.1, 0.15) is 0 Å². The second-order valence-electron chi connectivity index (χ2n) is 4.12. The Labute approximate surface area is 83.5 Å². The standard InChI is InChI=1S/C8H15NO4S/c10-8(14(11,12)13)4-6-9-5-2-1-3-7(8)9/h7,10H,1-6H2,(H,11,12,13).